The number of aromatic nitrogens is 3. The zero-order valence-electron chi connectivity index (χ0n) is 23.2. The van der Waals surface area contributed by atoms with Crippen LogP contribution in [0.5, 0.6) is 0 Å². The molecule has 2 aliphatic rings. The van der Waals surface area contributed by atoms with Gasteiger partial charge in [-0.2, -0.15) is 0 Å². The Bertz CT molecular complexity index is 1250. The lowest BCUT2D eigenvalue weighted by Crippen LogP contribution is -2.43. The molecule has 2 aromatic heterocycles. The molecule has 3 aromatic rings. The predicted octanol–water partition coefficient (Wildman–Crippen LogP) is 3.30. The highest BCUT2D eigenvalue weighted by Gasteiger charge is 2.21. The number of hydrogen-bond acceptors (Lipinski definition) is 9. The summed E-state index contributed by atoms with van der Waals surface area (Å²) in [5.74, 6) is 0.743. The van der Waals surface area contributed by atoms with Gasteiger partial charge in [0.25, 0.3) is 0 Å². The number of carboxylic acids is 1. The Kier molecular flexibility index (Phi) is 10.1. The summed E-state index contributed by atoms with van der Waals surface area (Å²) < 4.78 is 5.51. The second-order valence-corrected chi connectivity index (χ2v) is 10.7. The standard InChI is InChI=1S/C30H41N7O3/c38-30(39)27(35-29-25-8-1-2-9-26(25)32-22-33-29)12-15-36(16-17-37-18-20-40-21-19-37)14-4-3-7-24-11-10-23-6-5-13-31-28(23)34-24/h1-2,8-11,22,27H,3-7,12-21H2,(H,31,34)(H,38,39)(H,32,33,35)/t27-/m0/s1. The molecule has 1 saturated heterocycles. The molecule has 0 bridgehead atoms. The largest absolute Gasteiger partial charge is 0.480 e. The number of carbonyl (C=O) groups is 1. The van der Waals surface area contributed by atoms with Crippen LogP contribution in [0.4, 0.5) is 11.6 Å². The van der Waals surface area contributed by atoms with Crippen molar-refractivity contribution in [1.82, 2.24) is 24.8 Å². The molecular weight excluding hydrogens is 506 g/mol. The number of para-hydroxylation sites is 1. The number of aliphatic carboxylic acids is 1. The first-order valence-corrected chi connectivity index (χ1v) is 14.6. The van der Waals surface area contributed by atoms with Gasteiger partial charge in [-0.3, -0.25) is 4.90 Å². The van der Waals surface area contributed by atoms with E-state index in [0.717, 1.165) is 101 Å². The number of rotatable bonds is 14. The SMILES string of the molecule is O=C(O)[C@H](CCN(CCCCc1ccc2c(n1)NCCC2)CCN1CCOCC1)Nc1ncnc2ccccc12. The summed E-state index contributed by atoms with van der Waals surface area (Å²) in [6, 6.07) is 11.3. The summed E-state index contributed by atoms with van der Waals surface area (Å²) in [6.07, 6.45) is 7.27. The van der Waals surface area contributed by atoms with Crippen molar-refractivity contribution in [2.75, 3.05) is 69.7 Å². The number of nitrogens with zero attached hydrogens (tertiary/aromatic N) is 5. The molecule has 3 N–H and O–H groups in total. The molecule has 1 aromatic carbocycles. The molecule has 5 rings (SSSR count). The van der Waals surface area contributed by atoms with E-state index in [4.69, 9.17) is 9.72 Å². The zero-order chi connectivity index (χ0) is 27.6. The number of nitrogens with one attached hydrogen (secondary N) is 2. The van der Waals surface area contributed by atoms with Crippen LogP contribution < -0.4 is 10.6 Å². The molecule has 0 amide bonds. The fourth-order valence-corrected chi connectivity index (χ4v) is 5.45. The van der Waals surface area contributed by atoms with Gasteiger partial charge < -0.3 is 25.4 Å². The first kappa shape index (κ1) is 28.2. The van der Waals surface area contributed by atoms with Gasteiger partial charge in [-0.15, -0.1) is 0 Å². The number of anilines is 2. The molecule has 10 nitrogen and oxygen atoms in total. The van der Waals surface area contributed by atoms with Gasteiger partial charge in [0.1, 0.15) is 24.0 Å². The van der Waals surface area contributed by atoms with Crippen LogP contribution in [0.1, 0.15) is 36.9 Å². The summed E-state index contributed by atoms with van der Waals surface area (Å²) in [6.45, 7) is 7.95. The lowest BCUT2D eigenvalue weighted by molar-refractivity contribution is -0.138. The van der Waals surface area contributed by atoms with Crippen LogP contribution in [0, 0.1) is 0 Å². The number of carboxylic acid groups (broad SMARTS) is 1. The highest BCUT2D eigenvalue weighted by atomic mass is 16.5. The van der Waals surface area contributed by atoms with E-state index in [1.807, 2.05) is 24.3 Å². The van der Waals surface area contributed by atoms with E-state index in [1.165, 1.54) is 18.3 Å². The molecule has 0 aliphatic carbocycles. The number of morpholine rings is 1. The van der Waals surface area contributed by atoms with Crippen LogP contribution in [0.25, 0.3) is 10.9 Å². The summed E-state index contributed by atoms with van der Waals surface area (Å²) in [5.41, 5.74) is 3.25. The first-order valence-electron chi connectivity index (χ1n) is 14.6. The van der Waals surface area contributed by atoms with Gasteiger partial charge in [0, 0.05) is 50.3 Å². The summed E-state index contributed by atoms with van der Waals surface area (Å²) in [7, 11) is 0. The number of benzene rings is 1. The third-order valence-corrected chi connectivity index (χ3v) is 7.83. The van der Waals surface area contributed by atoms with Gasteiger partial charge in [0.05, 0.1) is 18.7 Å². The van der Waals surface area contributed by atoms with Gasteiger partial charge in [-0.25, -0.2) is 19.7 Å². The van der Waals surface area contributed by atoms with Crippen LogP contribution in [-0.2, 0) is 22.4 Å². The molecule has 0 saturated carbocycles. The normalized spacial score (nSPS) is 16.4. The van der Waals surface area contributed by atoms with Crippen molar-refractivity contribution in [2.45, 2.75) is 44.6 Å². The van der Waals surface area contributed by atoms with Crippen molar-refractivity contribution >= 4 is 28.5 Å². The molecular formula is C30H41N7O3. The molecule has 1 fully saturated rings. The van der Waals surface area contributed by atoms with Crippen LogP contribution in [0.3, 0.4) is 0 Å². The van der Waals surface area contributed by atoms with E-state index < -0.39 is 12.0 Å². The average Bonchev–Trinajstić information content (AvgIpc) is 3.00. The Hall–Kier alpha value is -3.34. The number of fused-ring (bicyclic) bond motifs is 2. The summed E-state index contributed by atoms with van der Waals surface area (Å²) in [5, 5.41) is 17.5. The molecule has 2 aliphatic heterocycles. The zero-order valence-corrected chi connectivity index (χ0v) is 23.2. The van der Waals surface area contributed by atoms with Crippen molar-refractivity contribution in [2.24, 2.45) is 0 Å². The second kappa shape index (κ2) is 14.3. The Morgan fingerprint density at radius 3 is 2.85 bits per heavy atom. The van der Waals surface area contributed by atoms with E-state index in [2.05, 4.69) is 42.5 Å². The lowest BCUT2D eigenvalue weighted by atomic mass is 10.1. The van der Waals surface area contributed by atoms with Gasteiger partial charge in [0.15, 0.2) is 0 Å². The fraction of sp³-hybridized carbons (Fsp3) is 0.533. The molecule has 0 unspecified atom stereocenters. The van der Waals surface area contributed by atoms with E-state index in [-0.39, 0.29) is 0 Å². The van der Waals surface area contributed by atoms with Crippen molar-refractivity contribution in [1.29, 1.82) is 0 Å². The summed E-state index contributed by atoms with van der Waals surface area (Å²) in [4.78, 5) is 30.5. The Labute approximate surface area is 236 Å². The topological polar surface area (TPSA) is 116 Å². The van der Waals surface area contributed by atoms with Crippen LogP contribution in [0.2, 0.25) is 0 Å². The maximum Gasteiger partial charge on any atom is 0.326 e. The Morgan fingerprint density at radius 1 is 1.10 bits per heavy atom. The second-order valence-electron chi connectivity index (χ2n) is 10.7. The predicted molar refractivity (Wildman–Crippen MR) is 157 cm³/mol. The Morgan fingerprint density at radius 2 is 1.98 bits per heavy atom. The van der Waals surface area contributed by atoms with Crippen LogP contribution in [0.15, 0.2) is 42.7 Å². The summed E-state index contributed by atoms with van der Waals surface area (Å²) >= 11 is 0. The van der Waals surface area contributed by atoms with Crippen LogP contribution in [-0.4, -0.2) is 101 Å². The fourth-order valence-electron chi connectivity index (χ4n) is 5.45. The van der Waals surface area contributed by atoms with E-state index in [9.17, 15) is 9.90 Å². The lowest BCUT2D eigenvalue weighted by Gasteiger charge is -2.30. The molecule has 40 heavy (non-hydrogen) atoms. The van der Waals surface area contributed by atoms with Crippen molar-refractivity contribution < 1.29 is 14.6 Å². The van der Waals surface area contributed by atoms with E-state index >= 15 is 0 Å². The van der Waals surface area contributed by atoms with Crippen molar-refractivity contribution in [3.05, 3.63) is 54.0 Å². The van der Waals surface area contributed by atoms with Crippen molar-refractivity contribution in [3.8, 4) is 0 Å². The van der Waals surface area contributed by atoms with E-state index in [0.29, 0.717) is 18.8 Å². The monoisotopic (exact) mass is 547 g/mol. The number of pyridine rings is 1. The Balaban J connectivity index is 1.16. The molecule has 4 heterocycles. The minimum atomic E-state index is -0.872. The number of hydrogen-bond donors (Lipinski definition) is 3. The van der Waals surface area contributed by atoms with Crippen molar-refractivity contribution in [3.63, 3.8) is 0 Å². The minimum absolute atomic E-state index is 0.481. The highest BCUT2D eigenvalue weighted by molar-refractivity contribution is 5.90. The maximum absolute atomic E-state index is 12.2. The number of aryl methyl sites for hydroxylation is 2. The highest BCUT2D eigenvalue weighted by Crippen LogP contribution is 2.21. The van der Waals surface area contributed by atoms with Gasteiger partial charge in [0.2, 0.25) is 0 Å². The molecule has 0 radical (unpaired) electrons. The van der Waals surface area contributed by atoms with Gasteiger partial charge in [-0.05, 0) is 68.8 Å². The molecule has 214 valence electrons. The number of unbranched alkanes of at least 4 members (excludes halogenated alkanes) is 1. The third kappa shape index (κ3) is 7.87. The number of ether oxygens (including phenoxy) is 1. The van der Waals surface area contributed by atoms with E-state index in [1.54, 1.807) is 0 Å². The smallest absolute Gasteiger partial charge is 0.326 e. The minimum Gasteiger partial charge on any atom is -0.480 e. The van der Waals surface area contributed by atoms with Crippen LogP contribution >= 0.6 is 0 Å². The maximum atomic E-state index is 12.2. The molecule has 0 spiro atoms. The van der Waals surface area contributed by atoms with Gasteiger partial charge in [-0.1, -0.05) is 18.2 Å². The van der Waals surface area contributed by atoms with Gasteiger partial charge >= 0.3 is 5.97 Å². The quantitative estimate of drug-likeness (QED) is 0.260. The first-order chi connectivity index (χ1) is 19.7. The third-order valence-electron chi connectivity index (χ3n) is 7.83. The average molecular weight is 548 g/mol. The molecule has 10 heteroatoms. The molecule has 1 atom stereocenters.